The molecule has 0 aromatic carbocycles. The van der Waals surface area contributed by atoms with E-state index in [0.29, 0.717) is 32.1 Å². The summed E-state index contributed by atoms with van der Waals surface area (Å²) in [4.78, 5) is 0. The molecule has 2 saturated heterocycles. The molecule has 0 aromatic heterocycles. The van der Waals surface area contributed by atoms with Crippen LogP contribution >= 0.6 is 0 Å². The van der Waals surface area contributed by atoms with E-state index in [9.17, 15) is 8.42 Å². The summed E-state index contributed by atoms with van der Waals surface area (Å²) < 4.78 is 28.5. The van der Waals surface area contributed by atoms with Crippen molar-refractivity contribution in [2.45, 2.75) is 45.1 Å². The highest BCUT2D eigenvalue weighted by Crippen LogP contribution is 2.25. The number of nitrogens with zero attached hydrogens (tertiary/aromatic N) is 2. The zero-order valence-electron chi connectivity index (χ0n) is 11.2. The molecule has 2 aliphatic heterocycles. The van der Waals surface area contributed by atoms with Crippen LogP contribution < -0.4 is 5.73 Å². The summed E-state index contributed by atoms with van der Waals surface area (Å²) in [5, 5.41) is 0. The molecular formula is C12H25N3O2S. The highest BCUT2D eigenvalue weighted by Gasteiger charge is 2.36. The maximum Gasteiger partial charge on any atom is 0.282 e. The molecule has 2 N–H and O–H groups in total. The predicted molar refractivity (Wildman–Crippen MR) is 72.3 cm³/mol. The molecule has 1 unspecified atom stereocenters. The molecule has 2 heterocycles. The van der Waals surface area contributed by atoms with Crippen LogP contribution in [-0.4, -0.2) is 49.2 Å². The first-order valence-electron chi connectivity index (χ1n) is 7.02. The molecule has 106 valence electrons. The quantitative estimate of drug-likeness (QED) is 0.827. The first-order chi connectivity index (χ1) is 8.55. The Kier molecular flexibility index (Phi) is 4.64. The second-order valence-corrected chi connectivity index (χ2v) is 7.47. The molecule has 0 radical (unpaired) electrons. The van der Waals surface area contributed by atoms with E-state index < -0.39 is 10.2 Å². The van der Waals surface area contributed by atoms with Gasteiger partial charge in [0, 0.05) is 32.2 Å². The lowest BCUT2D eigenvalue weighted by Gasteiger charge is -2.39. The molecule has 18 heavy (non-hydrogen) atoms. The summed E-state index contributed by atoms with van der Waals surface area (Å²) in [6.45, 7) is 4.59. The monoisotopic (exact) mass is 275 g/mol. The molecule has 0 aromatic rings. The second-order valence-electron chi connectivity index (χ2n) is 5.59. The topological polar surface area (TPSA) is 66.6 Å². The molecule has 0 spiro atoms. The van der Waals surface area contributed by atoms with Crippen molar-refractivity contribution in [2.24, 2.45) is 11.7 Å². The largest absolute Gasteiger partial charge is 0.329 e. The Balaban J connectivity index is 2.09. The molecule has 5 nitrogen and oxygen atoms in total. The molecule has 0 bridgehead atoms. The Bertz CT molecular complexity index is 364. The number of piperidine rings is 2. The molecule has 0 aliphatic carbocycles. The van der Waals surface area contributed by atoms with E-state index in [1.165, 1.54) is 0 Å². The lowest BCUT2D eigenvalue weighted by molar-refractivity contribution is 0.216. The predicted octanol–water partition coefficient (Wildman–Crippen LogP) is 0.776. The Morgan fingerprint density at radius 3 is 2.39 bits per heavy atom. The molecule has 2 fully saturated rings. The van der Waals surface area contributed by atoms with E-state index in [1.807, 2.05) is 0 Å². The summed E-state index contributed by atoms with van der Waals surface area (Å²) >= 11 is 0. The summed E-state index contributed by atoms with van der Waals surface area (Å²) in [6, 6.07) is 0.00287. The van der Waals surface area contributed by atoms with Gasteiger partial charge in [-0.1, -0.05) is 13.3 Å². The van der Waals surface area contributed by atoms with Gasteiger partial charge < -0.3 is 5.73 Å². The molecule has 0 saturated carbocycles. The van der Waals surface area contributed by atoms with Crippen LogP contribution in [0.5, 0.6) is 0 Å². The van der Waals surface area contributed by atoms with Crippen molar-refractivity contribution < 1.29 is 8.42 Å². The van der Waals surface area contributed by atoms with Crippen molar-refractivity contribution in [1.29, 1.82) is 0 Å². The van der Waals surface area contributed by atoms with Crippen molar-refractivity contribution >= 4 is 10.2 Å². The van der Waals surface area contributed by atoms with Crippen LogP contribution in [0.25, 0.3) is 0 Å². The van der Waals surface area contributed by atoms with E-state index in [0.717, 1.165) is 32.1 Å². The third-order valence-corrected chi connectivity index (χ3v) is 6.30. The van der Waals surface area contributed by atoms with Gasteiger partial charge >= 0.3 is 0 Å². The maximum absolute atomic E-state index is 12.6. The fraction of sp³-hybridized carbons (Fsp3) is 1.00. The summed E-state index contributed by atoms with van der Waals surface area (Å²) in [6.07, 6.45) is 4.89. The van der Waals surface area contributed by atoms with Crippen molar-refractivity contribution in [3.8, 4) is 0 Å². The van der Waals surface area contributed by atoms with Crippen molar-refractivity contribution in [3.63, 3.8) is 0 Å². The van der Waals surface area contributed by atoms with Gasteiger partial charge in [-0.2, -0.15) is 17.0 Å². The fourth-order valence-electron chi connectivity index (χ4n) is 2.88. The lowest BCUT2D eigenvalue weighted by Crippen LogP contribution is -2.54. The van der Waals surface area contributed by atoms with Crippen molar-refractivity contribution in [1.82, 2.24) is 8.61 Å². The van der Waals surface area contributed by atoms with Gasteiger partial charge in [0.05, 0.1) is 0 Å². The average molecular weight is 275 g/mol. The molecule has 6 heteroatoms. The van der Waals surface area contributed by atoms with Gasteiger partial charge in [0.25, 0.3) is 10.2 Å². The van der Waals surface area contributed by atoms with Gasteiger partial charge in [0.15, 0.2) is 0 Å². The Hall–Kier alpha value is -0.170. The van der Waals surface area contributed by atoms with Crippen LogP contribution in [0.15, 0.2) is 0 Å². The van der Waals surface area contributed by atoms with Gasteiger partial charge in [-0.25, -0.2) is 0 Å². The van der Waals surface area contributed by atoms with E-state index in [1.54, 1.807) is 8.61 Å². The fourth-order valence-corrected chi connectivity index (χ4v) is 4.77. The van der Waals surface area contributed by atoms with Crippen LogP contribution in [0, 0.1) is 5.92 Å². The minimum Gasteiger partial charge on any atom is -0.329 e. The number of nitrogens with two attached hydrogens (primary N) is 1. The van der Waals surface area contributed by atoms with Gasteiger partial charge in [-0.05, 0) is 31.6 Å². The number of rotatable bonds is 3. The third kappa shape index (κ3) is 2.87. The standard InChI is InChI=1S/C12H25N3O2S/c1-11-5-8-14(9-6-11)18(16,17)15-7-3-2-4-12(15)10-13/h11-12H,2-10,13H2,1H3. The van der Waals surface area contributed by atoms with Crippen LogP contribution in [-0.2, 0) is 10.2 Å². The summed E-state index contributed by atoms with van der Waals surface area (Å²) in [7, 11) is -3.28. The van der Waals surface area contributed by atoms with Gasteiger partial charge in [-0.3, -0.25) is 0 Å². The first kappa shape index (κ1) is 14.2. The minimum absolute atomic E-state index is 0.00287. The van der Waals surface area contributed by atoms with Crippen molar-refractivity contribution in [3.05, 3.63) is 0 Å². The third-order valence-electron chi connectivity index (χ3n) is 4.21. The molecule has 1 atom stereocenters. The summed E-state index contributed by atoms with van der Waals surface area (Å²) in [5.74, 6) is 0.642. The van der Waals surface area contributed by atoms with E-state index in [-0.39, 0.29) is 6.04 Å². The minimum atomic E-state index is -3.28. The highest BCUT2D eigenvalue weighted by atomic mass is 32.2. The summed E-state index contributed by atoms with van der Waals surface area (Å²) in [5.41, 5.74) is 5.72. The average Bonchev–Trinajstić information content (AvgIpc) is 2.39. The van der Waals surface area contributed by atoms with Crippen LogP contribution in [0.4, 0.5) is 0 Å². The zero-order chi connectivity index (χ0) is 13.2. The molecule has 2 aliphatic rings. The smallest absolute Gasteiger partial charge is 0.282 e. The van der Waals surface area contributed by atoms with E-state index >= 15 is 0 Å². The van der Waals surface area contributed by atoms with Crippen LogP contribution in [0.3, 0.4) is 0 Å². The first-order valence-corrected chi connectivity index (χ1v) is 8.42. The Labute approximate surface area is 110 Å². The Morgan fingerprint density at radius 1 is 1.11 bits per heavy atom. The molecular weight excluding hydrogens is 250 g/mol. The lowest BCUT2D eigenvalue weighted by atomic mass is 10.0. The molecule has 0 amide bonds. The van der Waals surface area contributed by atoms with Gasteiger partial charge in [0.1, 0.15) is 0 Å². The van der Waals surface area contributed by atoms with Gasteiger partial charge in [-0.15, -0.1) is 0 Å². The Morgan fingerprint density at radius 2 is 1.78 bits per heavy atom. The van der Waals surface area contributed by atoms with Gasteiger partial charge in [0.2, 0.25) is 0 Å². The van der Waals surface area contributed by atoms with Crippen LogP contribution in [0.1, 0.15) is 39.0 Å². The van der Waals surface area contributed by atoms with E-state index in [4.69, 9.17) is 5.73 Å². The van der Waals surface area contributed by atoms with Crippen molar-refractivity contribution in [2.75, 3.05) is 26.2 Å². The van der Waals surface area contributed by atoms with E-state index in [2.05, 4.69) is 6.92 Å². The highest BCUT2D eigenvalue weighted by molar-refractivity contribution is 7.86. The SMILES string of the molecule is CC1CCN(S(=O)(=O)N2CCCCC2CN)CC1. The van der Waals surface area contributed by atoms with Crippen LogP contribution in [0.2, 0.25) is 0 Å². The second kappa shape index (κ2) is 5.86. The number of hydrogen-bond donors (Lipinski definition) is 1. The molecule has 2 rings (SSSR count). The maximum atomic E-state index is 12.6. The number of hydrogen-bond acceptors (Lipinski definition) is 3. The normalized spacial score (nSPS) is 29.6. The zero-order valence-corrected chi connectivity index (χ0v) is 12.0.